The number of carbonyl (C=O) groups is 1. The van der Waals surface area contributed by atoms with E-state index < -0.39 is 11.9 Å². The molecule has 1 aliphatic rings. The highest BCUT2D eigenvalue weighted by atomic mass is 19.4. The summed E-state index contributed by atoms with van der Waals surface area (Å²) in [4.78, 5) is 17.8. The minimum absolute atomic E-state index is 0.0356. The van der Waals surface area contributed by atoms with Crippen molar-refractivity contribution in [1.82, 2.24) is 9.88 Å². The Bertz CT molecular complexity index is 801. The molecule has 0 aliphatic carbocycles. The van der Waals surface area contributed by atoms with Crippen molar-refractivity contribution in [1.29, 1.82) is 0 Å². The van der Waals surface area contributed by atoms with E-state index >= 15 is 0 Å². The van der Waals surface area contributed by atoms with Gasteiger partial charge in [0.25, 0.3) is 5.91 Å². The van der Waals surface area contributed by atoms with Gasteiger partial charge in [0.2, 0.25) is 5.88 Å². The van der Waals surface area contributed by atoms with Crippen LogP contribution in [0, 0.1) is 5.92 Å². The molecule has 0 unspecified atom stereocenters. The first-order chi connectivity index (χ1) is 13.4. The van der Waals surface area contributed by atoms with Gasteiger partial charge in [0, 0.05) is 24.7 Å². The van der Waals surface area contributed by atoms with Crippen molar-refractivity contribution in [2.75, 3.05) is 26.8 Å². The predicted octanol–water partition coefficient (Wildman–Crippen LogP) is 4.04. The van der Waals surface area contributed by atoms with Gasteiger partial charge in [-0.05, 0) is 49.1 Å². The molecule has 5 nitrogen and oxygen atoms in total. The first-order valence-corrected chi connectivity index (χ1v) is 8.97. The van der Waals surface area contributed by atoms with Crippen molar-refractivity contribution >= 4 is 5.91 Å². The van der Waals surface area contributed by atoms with E-state index in [2.05, 4.69) is 4.98 Å². The molecule has 150 valence electrons. The molecular weight excluding hydrogens is 373 g/mol. The SMILES string of the molecule is COc1ccc(C(=O)N2CCC(COc3cccc(C(F)(F)F)n3)CC2)cc1. The Labute approximate surface area is 161 Å². The van der Waals surface area contributed by atoms with E-state index in [0.29, 0.717) is 24.4 Å². The van der Waals surface area contributed by atoms with E-state index in [1.807, 2.05) is 0 Å². The van der Waals surface area contributed by atoms with E-state index in [1.54, 1.807) is 36.3 Å². The molecule has 0 spiro atoms. The summed E-state index contributed by atoms with van der Waals surface area (Å²) in [6, 6.07) is 10.6. The minimum Gasteiger partial charge on any atom is -0.497 e. The number of methoxy groups -OCH3 is 1. The van der Waals surface area contributed by atoms with E-state index in [0.717, 1.165) is 18.9 Å². The molecular formula is C20H21F3N2O3. The average molecular weight is 394 g/mol. The molecule has 2 heterocycles. The molecule has 2 aromatic rings. The number of hydrogen-bond acceptors (Lipinski definition) is 4. The van der Waals surface area contributed by atoms with Crippen molar-refractivity contribution < 1.29 is 27.4 Å². The zero-order valence-corrected chi connectivity index (χ0v) is 15.4. The standard InChI is InChI=1S/C20H21F3N2O3/c1-27-16-7-5-15(6-8-16)19(26)25-11-9-14(10-12-25)13-28-18-4-2-3-17(24-18)20(21,22)23/h2-8,14H,9-13H2,1H3. The van der Waals surface area contributed by atoms with Crippen LogP contribution in [0.2, 0.25) is 0 Å². The number of ether oxygens (including phenoxy) is 2. The zero-order valence-electron chi connectivity index (χ0n) is 15.4. The summed E-state index contributed by atoms with van der Waals surface area (Å²) in [5.41, 5.74) is -0.367. The molecule has 0 bridgehead atoms. The molecule has 1 saturated heterocycles. The number of alkyl halides is 3. The number of halogens is 3. The Balaban J connectivity index is 1.49. The summed E-state index contributed by atoms with van der Waals surface area (Å²) in [5.74, 6) is 0.778. The number of pyridine rings is 1. The van der Waals surface area contributed by atoms with Crippen molar-refractivity contribution in [3.8, 4) is 11.6 Å². The Morgan fingerprint density at radius 2 is 1.82 bits per heavy atom. The number of piperidine rings is 1. The van der Waals surface area contributed by atoms with Gasteiger partial charge in [0.15, 0.2) is 0 Å². The van der Waals surface area contributed by atoms with E-state index in [4.69, 9.17) is 9.47 Å². The summed E-state index contributed by atoms with van der Waals surface area (Å²) in [7, 11) is 1.57. The molecule has 28 heavy (non-hydrogen) atoms. The number of nitrogens with zero attached hydrogens (tertiary/aromatic N) is 2. The van der Waals surface area contributed by atoms with E-state index in [1.165, 1.54) is 12.1 Å². The van der Waals surface area contributed by atoms with Crippen LogP contribution >= 0.6 is 0 Å². The van der Waals surface area contributed by atoms with Crippen LogP contribution in [0.15, 0.2) is 42.5 Å². The third-order valence-electron chi connectivity index (χ3n) is 4.72. The summed E-state index contributed by atoms with van der Waals surface area (Å²) in [6.07, 6.45) is -3.05. The van der Waals surface area contributed by atoms with Gasteiger partial charge < -0.3 is 14.4 Å². The van der Waals surface area contributed by atoms with Gasteiger partial charge in [-0.25, -0.2) is 4.98 Å². The highest BCUT2D eigenvalue weighted by molar-refractivity contribution is 5.94. The zero-order chi connectivity index (χ0) is 20.1. The molecule has 1 amide bonds. The van der Waals surface area contributed by atoms with Gasteiger partial charge in [-0.3, -0.25) is 4.79 Å². The van der Waals surface area contributed by atoms with Crippen molar-refractivity contribution in [2.45, 2.75) is 19.0 Å². The van der Waals surface area contributed by atoms with Crippen molar-refractivity contribution in [2.24, 2.45) is 5.92 Å². The molecule has 3 rings (SSSR count). The maximum Gasteiger partial charge on any atom is 0.433 e. The lowest BCUT2D eigenvalue weighted by atomic mass is 9.97. The maximum absolute atomic E-state index is 12.7. The average Bonchev–Trinajstić information content (AvgIpc) is 2.72. The second-order valence-corrected chi connectivity index (χ2v) is 6.63. The van der Waals surface area contributed by atoms with Crippen LogP contribution in [-0.4, -0.2) is 42.6 Å². The lowest BCUT2D eigenvalue weighted by molar-refractivity contribution is -0.141. The van der Waals surface area contributed by atoms with Crippen LogP contribution in [0.25, 0.3) is 0 Å². The maximum atomic E-state index is 12.7. The summed E-state index contributed by atoms with van der Waals surface area (Å²) >= 11 is 0. The lowest BCUT2D eigenvalue weighted by Crippen LogP contribution is -2.39. The second-order valence-electron chi connectivity index (χ2n) is 6.63. The third kappa shape index (κ3) is 4.94. The van der Waals surface area contributed by atoms with Crippen LogP contribution in [0.1, 0.15) is 28.9 Å². The molecule has 0 N–H and O–H groups in total. The van der Waals surface area contributed by atoms with Gasteiger partial charge in [0.05, 0.1) is 13.7 Å². The number of amides is 1. The summed E-state index contributed by atoms with van der Waals surface area (Å²) in [5, 5.41) is 0. The second kappa shape index (κ2) is 8.50. The first-order valence-electron chi connectivity index (χ1n) is 8.97. The topological polar surface area (TPSA) is 51.7 Å². The van der Waals surface area contributed by atoms with Gasteiger partial charge in [0.1, 0.15) is 11.4 Å². The Morgan fingerprint density at radius 3 is 2.43 bits per heavy atom. The van der Waals surface area contributed by atoms with E-state index in [9.17, 15) is 18.0 Å². The third-order valence-corrected chi connectivity index (χ3v) is 4.72. The van der Waals surface area contributed by atoms with Gasteiger partial charge in [-0.15, -0.1) is 0 Å². The number of rotatable bonds is 5. The lowest BCUT2D eigenvalue weighted by Gasteiger charge is -2.32. The smallest absolute Gasteiger partial charge is 0.433 e. The van der Waals surface area contributed by atoms with Crippen LogP contribution in [-0.2, 0) is 6.18 Å². The molecule has 1 aromatic carbocycles. The Morgan fingerprint density at radius 1 is 1.14 bits per heavy atom. The normalized spacial score (nSPS) is 15.4. The molecule has 0 saturated carbocycles. The fraction of sp³-hybridized carbons (Fsp3) is 0.400. The van der Waals surface area contributed by atoms with Gasteiger partial charge in [-0.1, -0.05) is 6.07 Å². The number of hydrogen-bond donors (Lipinski definition) is 0. The fourth-order valence-corrected chi connectivity index (χ4v) is 3.08. The van der Waals surface area contributed by atoms with E-state index in [-0.39, 0.29) is 24.3 Å². The Kier molecular flexibility index (Phi) is 6.06. The largest absolute Gasteiger partial charge is 0.497 e. The molecule has 0 atom stereocenters. The highest BCUT2D eigenvalue weighted by Gasteiger charge is 2.32. The monoisotopic (exact) mass is 394 g/mol. The van der Waals surface area contributed by atoms with Crippen molar-refractivity contribution in [3.63, 3.8) is 0 Å². The van der Waals surface area contributed by atoms with Crippen LogP contribution in [0.3, 0.4) is 0 Å². The summed E-state index contributed by atoms with van der Waals surface area (Å²) < 4.78 is 48.7. The van der Waals surface area contributed by atoms with Gasteiger partial charge in [-0.2, -0.15) is 13.2 Å². The highest BCUT2D eigenvalue weighted by Crippen LogP contribution is 2.29. The molecule has 1 aromatic heterocycles. The number of likely N-dealkylation sites (tertiary alicyclic amines) is 1. The number of benzene rings is 1. The van der Waals surface area contributed by atoms with Crippen LogP contribution < -0.4 is 9.47 Å². The van der Waals surface area contributed by atoms with Crippen LogP contribution in [0.4, 0.5) is 13.2 Å². The Hall–Kier alpha value is -2.77. The van der Waals surface area contributed by atoms with Gasteiger partial charge >= 0.3 is 6.18 Å². The quantitative estimate of drug-likeness (QED) is 0.768. The molecule has 8 heteroatoms. The first kappa shape index (κ1) is 20.0. The molecule has 1 aliphatic heterocycles. The minimum atomic E-state index is -4.49. The molecule has 1 fully saturated rings. The van der Waals surface area contributed by atoms with Crippen molar-refractivity contribution in [3.05, 3.63) is 53.7 Å². The summed E-state index contributed by atoms with van der Waals surface area (Å²) in [6.45, 7) is 1.43. The predicted molar refractivity (Wildman–Crippen MR) is 96.4 cm³/mol. The number of aromatic nitrogens is 1. The number of carbonyl (C=O) groups excluding carboxylic acids is 1. The van der Waals surface area contributed by atoms with Crippen LogP contribution in [0.5, 0.6) is 11.6 Å². The molecule has 0 radical (unpaired) electrons. The fourth-order valence-electron chi connectivity index (χ4n) is 3.08.